The summed E-state index contributed by atoms with van der Waals surface area (Å²) in [5, 5.41) is -0.126. The first-order chi connectivity index (χ1) is 7.27. The number of alkyl halides is 6. The fraction of sp³-hybridized carbons (Fsp3) is 0.375. The Hall–Kier alpha value is -0.240. The van der Waals surface area contributed by atoms with Crippen molar-refractivity contribution in [3.8, 4) is 0 Å². The van der Waals surface area contributed by atoms with Gasteiger partial charge in [-0.05, 0) is 22.0 Å². The SMILES string of the molecule is FC(F)c1cc(C(F)(F)F)c(CBr)c(Br)n1. The minimum Gasteiger partial charge on any atom is -0.240 e. The van der Waals surface area contributed by atoms with Crippen molar-refractivity contribution in [3.63, 3.8) is 0 Å². The van der Waals surface area contributed by atoms with Gasteiger partial charge in [0.25, 0.3) is 6.43 Å². The van der Waals surface area contributed by atoms with Crippen molar-refractivity contribution in [2.24, 2.45) is 0 Å². The van der Waals surface area contributed by atoms with E-state index < -0.39 is 23.9 Å². The van der Waals surface area contributed by atoms with Crippen molar-refractivity contribution < 1.29 is 22.0 Å². The van der Waals surface area contributed by atoms with Crippen molar-refractivity contribution >= 4 is 31.9 Å². The van der Waals surface area contributed by atoms with Crippen molar-refractivity contribution in [2.75, 3.05) is 0 Å². The number of hydrogen-bond acceptors (Lipinski definition) is 1. The molecular weight excluding hydrogens is 365 g/mol. The zero-order valence-electron chi connectivity index (χ0n) is 7.45. The van der Waals surface area contributed by atoms with Gasteiger partial charge in [-0.25, -0.2) is 13.8 Å². The first-order valence-corrected chi connectivity index (χ1v) is 5.79. The largest absolute Gasteiger partial charge is 0.416 e. The molecule has 1 rings (SSSR count). The maximum Gasteiger partial charge on any atom is 0.416 e. The number of aromatic nitrogens is 1. The predicted molar refractivity (Wildman–Crippen MR) is 54.5 cm³/mol. The van der Waals surface area contributed by atoms with E-state index in [1.165, 1.54) is 0 Å². The normalized spacial score (nSPS) is 12.2. The summed E-state index contributed by atoms with van der Waals surface area (Å²) in [4.78, 5) is 3.35. The molecule has 0 aliphatic carbocycles. The van der Waals surface area contributed by atoms with E-state index in [4.69, 9.17) is 0 Å². The topological polar surface area (TPSA) is 12.9 Å². The second-order valence-corrected chi connectivity index (χ2v) is 4.11. The highest BCUT2D eigenvalue weighted by Gasteiger charge is 2.35. The van der Waals surface area contributed by atoms with Gasteiger partial charge in [-0.2, -0.15) is 13.2 Å². The molecule has 0 atom stereocenters. The van der Waals surface area contributed by atoms with Gasteiger partial charge < -0.3 is 0 Å². The molecule has 8 heteroatoms. The molecule has 0 saturated heterocycles. The van der Waals surface area contributed by atoms with Crippen molar-refractivity contribution in [2.45, 2.75) is 17.9 Å². The molecule has 0 aromatic carbocycles. The molecule has 1 aromatic rings. The van der Waals surface area contributed by atoms with Crippen molar-refractivity contribution in [3.05, 3.63) is 27.5 Å². The minimum absolute atomic E-state index is 0.126. The summed E-state index contributed by atoms with van der Waals surface area (Å²) in [6, 6.07) is 0.367. The summed E-state index contributed by atoms with van der Waals surface area (Å²) >= 11 is 5.60. The van der Waals surface area contributed by atoms with E-state index in [2.05, 4.69) is 36.8 Å². The Morgan fingerprint density at radius 1 is 1.31 bits per heavy atom. The smallest absolute Gasteiger partial charge is 0.240 e. The van der Waals surface area contributed by atoms with Gasteiger partial charge in [-0.1, -0.05) is 15.9 Å². The van der Waals surface area contributed by atoms with Crippen LogP contribution in [0.3, 0.4) is 0 Å². The standard InChI is InChI=1S/C8H4Br2F5N/c9-2-3-4(8(13,14)15)1-5(7(11)12)16-6(3)10/h1,7H,2H2. The second kappa shape index (κ2) is 4.95. The highest BCUT2D eigenvalue weighted by molar-refractivity contribution is 9.10. The van der Waals surface area contributed by atoms with E-state index in [-0.39, 0.29) is 15.5 Å². The summed E-state index contributed by atoms with van der Waals surface area (Å²) < 4.78 is 62.0. The summed E-state index contributed by atoms with van der Waals surface area (Å²) in [6.45, 7) is 0. The van der Waals surface area contributed by atoms with Crippen LogP contribution in [-0.4, -0.2) is 4.98 Å². The van der Waals surface area contributed by atoms with Crippen LogP contribution >= 0.6 is 31.9 Å². The number of hydrogen-bond donors (Lipinski definition) is 0. The molecule has 0 aliphatic rings. The van der Waals surface area contributed by atoms with Gasteiger partial charge in [-0.15, -0.1) is 0 Å². The first-order valence-electron chi connectivity index (χ1n) is 3.88. The quantitative estimate of drug-likeness (QED) is 0.419. The average molecular weight is 369 g/mol. The number of nitrogens with zero attached hydrogens (tertiary/aromatic N) is 1. The third-order valence-corrected chi connectivity index (χ3v) is 2.97. The molecule has 0 unspecified atom stereocenters. The lowest BCUT2D eigenvalue weighted by molar-refractivity contribution is -0.138. The molecule has 0 radical (unpaired) electrons. The van der Waals surface area contributed by atoms with Crippen LogP contribution in [0.2, 0.25) is 0 Å². The fourth-order valence-electron chi connectivity index (χ4n) is 1.05. The summed E-state index contributed by atoms with van der Waals surface area (Å²) in [5.74, 6) is 0. The molecule has 0 bridgehead atoms. The molecular formula is C8H4Br2F5N. The molecule has 0 amide bonds. The maximum absolute atomic E-state index is 12.5. The third-order valence-electron chi connectivity index (χ3n) is 1.76. The summed E-state index contributed by atoms with van der Waals surface area (Å²) in [6.07, 6.45) is -7.72. The second-order valence-electron chi connectivity index (χ2n) is 2.80. The van der Waals surface area contributed by atoms with Crippen LogP contribution in [-0.2, 0) is 11.5 Å². The molecule has 0 fully saturated rings. The Labute approximate surface area is 104 Å². The van der Waals surface area contributed by atoms with Crippen LogP contribution in [0, 0.1) is 0 Å². The lowest BCUT2D eigenvalue weighted by Crippen LogP contribution is -2.11. The summed E-state index contributed by atoms with van der Waals surface area (Å²) in [5.41, 5.74) is -2.21. The van der Waals surface area contributed by atoms with Crippen molar-refractivity contribution in [1.29, 1.82) is 0 Å². The molecule has 1 heterocycles. The van der Waals surface area contributed by atoms with Gasteiger partial charge in [-0.3, -0.25) is 0 Å². The first kappa shape index (κ1) is 13.8. The van der Waals surface area contributed by atoms with Gasteiger partial charge in [0.1, 0.15) is 10.3 Å². The molecule has 0 aliphatic heterocycles. The van der Waals surface area contributed by atoms with Crippen LogP contribution in [0.4, 0.5) is 22.0 Å². The predicted octanol–water partition coefficient (Wildman–Crippen LogP) is 4.70. The van der Waals surface area contributed by atoms with E-state index in [0.717, 1.165) is 0 Å². The molecule has 1 aromatic heterocycles. The Morgan fingerprint density at radius 2 is 1.88 bits per heavy atom. The van der Waals surface area contributed by atoms with E-state index in [1.807, 2.05) is 0 Å². The van der Waals surface area contributed by atoms with Gasteiger partial charge in [0.2, 0.25) is 0 Å². The molecule has 0 spiro atoms. The molecule has 1 nitrogen and oxygen atoms in total. The van der Waals surface area contributed by atoms with Crippen LogP contribution in [0.15, 0.2) is 10.7 Å². The zero-order chi connectivity index (χ0) is 12.5. The van der Waals surface area contributed by atoms with Crippen LogP contribution in [0.25, 0.3) is 0 Å². The van der Waals surface area contributed by atoms with Gasteiger partial charge >= 0.3 is 6.18 Å². The van der Waals surface area contributed by atoms with Gasteiger partial charge in [0.15, 0.2) is 0 Å². The van der Waals surface area contributed by atoms with Gasteiger partial charge in [0, 0.05) is 10.9 Å². The lowest BCUT2D eigenvalue weighted by atomic mass is 10.1. The third kappa shape index (κ3) is 2.91. The van der Waals surface area contributed by atoms with Crippen LogP contribution in [0.1, 0.15) is 23.2 Å². The molecule has 0 saturated carbocycles. The summed E-state index contributed by atoms with van der Waals surface area (Å²) in [7, 11) is 0. The molecule has 0 N–H and O–H groups in total. The van der Waals surface area contributed by atoms with E-state index in [1.54, 1.807) is 0 Å². The van der Waals surface area contributed by atoms with E-state index in [9.17, 15) is 22.0 Å². The molecule has 90 valence electrons. The average Bonchev–Trinajstić information content (AvgIpc) is 2.14. The monoisotopic (exact) mass is 367 g/mol. The Morgan fingerprint density at radius 3 is 2.25 bits per heavy atom. The van der Waals surface area contributed by atoms with Crippen LogP contribution < -0.4 is 0 Å². The fourth-order valence-corrected chi connectivity index (χ4v) is 2.55. The number of pyridine rings is 1. The lowest BCUT2D eigenvalue weighted by Gasteiger charge is -2.14. The maximum atomic E-state index is 12.5. The number of halogens is 7. The van der Waals surface area contributed by atoms with Gasteiger partial charge in [0.05, 0.1) is 5.56 Å². The van der Waals surface area contributed by atoms with Crippen LogP contribution in [0.5, 0.6) is 0 Å². The Balaban J connectivity index is 3.43. The number of rotatable bonds is 2. The minimum atomic E-state index is -4.68. The van der Waals surface area contributed by atoms with E-state index in [0.29, 0.717) is 6.07 Å². The zero-order valence-corrected chi connectivity index (χ0v) is 10.6. The van der Waals surface area contributed by atoms with Crippen molar-refractivity contribution in [1.82, 2.24) is 4.98 Å². The highest BCUT2D eigenvalue weighted by Crippen LogP contribution is 2.37. The Bertz CT molecular complexity index is 391. The Kier molecular flexibility index (Phi) is 4.28. The van der Waals surface area contributed by atoms with E-state index >= 15 is 0 Å². The molecule has 16 heavy (non-hydrogen) atoms. The highest BCUT2D eigenvalue weighted by atomic mass is 79.9.